The average Bonchev–Trinajstić information content (AvgIpc) is 3.76. The van der Waals surface area contributed by atoms with E-state index in [2.05, 4.69) is 13.8 Å². The number of aliphatic carboxylic acids is 1. The Kier molecular flexibility index (Phi) is 75.6. The Bertz CT molecular complexity index is 1500. The summed E-state index contributed by atoms with van der Waals surface area (Å²) >= 11 is 0. The van der Waals surface area contributed by atoms with Crippen molar-refractivity contribution in [3.63, 3.8) is 0 Å². The fourth-order valence-electron chi connectivity index (χ4n) is 13.6. The summed E-state index contributed by atoms with van der Waals surface area (Å²) in [4.78, 5) is 37.8. The van der Waals surface area contributed by atoms with Gasteiger partial charge in [-0.3, -0.25) is 9.59 Å². The number of carbonyl (C=O) groups excluding carboxylic acids is 2. The highest BCUT2D eigenvalue weighted by Crippen LogP contribution is 2.21. The summed E-state index contributed by atoms with van der Waals surface area (Å²) in [5.41, 5.74) is 0. The monoisotopic (exact) mass is 1330 g/mol. The Morgan fingerprint density at radius 2 is 0.479 bits per heavy atom. The van der Waals surface area contributed by atoms with Crippen molar-refractivity contribution in [2.45, 2.75) is 482 Å². The van der Waals surface area contributed by atoms with E-state index in [0.717, 1.165) is 38.5 Å². The van der Waals surface area contributed by atoms with Gasteiger partial charge < -0.3 is 28.5 Å². The van der Waals surface area contributed by atoms with Crippen molar-refractivity contribution in [2.24, 2.45) is 0 Å². The molecule has 0 radical (unpaired) electrons. The lowest BCUT2D eigenvalue weighted by Crippen LogP contribution is -2.40. The normalized spacial score (nSPS) is 12.5. The molecule has 0 aliphatic carbocycles. The van der Waals surface area contributed by atoms with Crippen molar-refractivity contribution >= 4 is 17.9 Å². The van der Waals surface area contributed by atoms with Crippen LogP contribution in [0.15, 0.2) is 0 Å². The van der Waals surface area contributed by atoms with Gasteiger partial charge in [-0.2, -0.15) is 0 Å². The van der Waals surface area contributed by atoms with Crippen LogP contribution in [0.4, 0.5) is 0 Å². The molecule has 94 heavy (non-hydrogen) atoms. The summed E-state index contributed by atoms with van der Waals surface area (Å²) < 4.78 is 23.1. The van der Waals surface area contributed by atoms with E-state index < -0.39 is 18.4 Å². The molecule has 0 aliphatic rings. The van der Waals surface area contributed by atoms with E-state index in [1.165, 1.54) is 405 Å². The average molecular weight is 1330 g/mol. The van der Waals surface area contributed by atoms with Crippen LogP contribution >= 0.6 is 0 Å². The van der Waals surface area contributed by atoms with Crippen molar-refractivity contribution in [3.8, 4) is 0 Å². The van der Waals surface area contributed by atoms with E-state index in [1.807, 2.05) is 21.1 Å². The number of nitrogens with zero attached hydrogens (tertiary/aromatic N) is 1. The van der Waals surface area contributed by atoms with E-state index in [0.29, 0.717) is 17.4 Å². The fourth-order valence-corrected chi connectivity index (χ4v) is 13.6. The number of hydrogen-bond donors (Lipinski definition) is 1. The highest BCUT2D eigenvalue weighted by atomic mass is 16.7. The van der Waals surface area contributed by atoms with Crippen LogP contribution in [0.25, 0.3) is 0 Å². The van der Waals surface area contributed by atoms with Crippen LogP contribution in [0.2, 0.25) is 0 Å². The third kappa shape index (κ3) is 77.6. The van der Waals surface area contributed by atoms with Gasteiger partial charge in [0, 0.05) is 12.8 Å². The number of quaternary nitrogens is 1. The molecule has 0 fully saturated rings. The highest BCUT2D eigenvalue weighted by molar-refractivity contribution is 5.71. The van der Waals surface area contributed by atoms with Gasteiger partial charge in [0.25, 0.3) is 6.29 Å². The Labute approximate surface area is 587 Å². The molecule has 0 aromatic carbocycles. The van der Waals surface area contributed by atoms with E-state index >= 15 is 0 Å². The van der Waals surface area contributed by atoms with Gasteiger partial charge in [0.2, 0.25) is 0 Å². The van der Waals surface area contributed by atoms with Crippen molar-refractivity contribution < 1.29 is 42.9 Å². The molecule has 0 bridgehead atoms. The smallest absolute Gasteiger partial charge is 0.361 e. The maximum atomic E-state index is 13.0. The van der Waals surface area contributed by atoms with Gasteiger partial charge in [0.1, 0.15) is 13.2 Å². The van der Waals surface area contributed by atoms with Crippen LogP contribution in [0, 0.1) is 0 Å². The number of carboxylic acid groups (broad SMARTS) is 1. The minimum atomic E-state index is -1.51. The number of carboxylic acids is 1. The molecular formula is C85H168NO8+. The number of esters is 2. The first kappa shape index (κ1) is 92.3. The maximum Gasteiger partial charge on any atom is 0.361 e. The summed E-state index contributed by atoms with van der Waals surface area (Å²) in [5, 5.41) is 9.78. The molecule has 0 amide bonds. The SMILES string of the molecule is CCCCCCCCCCCCCCCCCCCCCCCCCCCCCCCCCCCCCC(=O)OC(COC(=O)CCCCCCCCCCCCCCCCCCCCCCCCCCCCCCCCCCCC)COC(OCC[N+](C)(C)C)C(=O)O. The van der Waals surface area contributed by atoms with Gasteiger partial charge >= 0.3 is 17.9 Å². The Balaban J connectivity index is 3.91. The van der Waals surface area contributed by atoms with Gasteiger partial charge in [0.05, 0.1) is 34.4 Å². The number of rotatable bonds is 82. The molecular weight excluding hydrogens is 1160 g/mol. The van der Waals surface area contributed by atoms with Gasteiger partial charge in [-0.05, 0) is 12.8 Å². The Morgan fingerprint density at radius 1 is 0.277 bits per heavy atom. The molecule has 0 saturated heterocycles. The second-order valence-corrected chi connectivity index (χ2v) is 30.9. The van der Waals surface area contributed by atoms with Crippen LogP contribution in [0.3, 0.4) is 0 Å². The summed E-state index contributed by atoms with van der Waals surface area (Å²) in [6, 6.07) is 0. The highest BCUT2D eigenvalue weighted by Gasteiger charge is 2.25. The number of carbonyl (C=O) groups is 3. The summed E-state index contributed by atoms with van der Waals surface area (Å²) in [7, 11) is 6.01. The molecule has 9 heteroatoms. The minimum absolute atomic E-state index is 0.171. The quantitative estimate of drug-likeness (QED) is 0.0278. The van der Waals surface area contributed by atoms with Gasteiger partial charge in [-0.1, -0.05) is 444 Å². The Morgan fingerprint density at radius 3 is 0.681 bits per heavy atom. The lowest BCUT2D eigenvalue weighted by molar-refractivity contribution is -0.870. The van der Waals surface area contributed by atoms with Crippen LogP contribution in [-0.2, 0) is 33.3 Å². The predicted molar refractivity (Wildman–Crippen MR) is 406 cm³/mol. The summed E-state index contributed by atoms with van der Waals surface area (Å²) in [5.74, 6) is -1.96. The molecule has 0 aromatic rings. The zero-order chi connectivity index (χ0) is 68.2. The third-order valence-electron chi connectivity index (χ3n) is 20.1. The second-order valence-electron chi connectivity index (χ2n) is 30.9. The van der Waals surface area contributed by atoms with Crippen molar-refractivity contribution in [3.05, 3.63) is 0 Å². The summed E-state index contributed by atoms with van der Waals surface area (Å²) in [6.07, 6.45) is 93.0. The number of unbranched alkanes of at least 4 members (excludes halogenated alkanes) is 67. The minimum Gasteiger partial charge on any atom is -0.477 e. The molecule has 560 valence electrons. The van der Waals surface area contributed by atoms with Crippen molar-refractivity contribution in [2.75, 3.05) is 47.5 Å². The molecule has 2 atom stereocenters. The lowest BCUT2D eigenvalue weighted by Gasteiger charge is -2.25. The van der Waals surface area contributed by atoms with Gasteiger partial charge in [-0.25, -0.2) is 4.79 Å². The van der Waals surface area contributed by atoms with E-state index in [-0.39, 0.29) is 38.2 Å². The molecule has 0 aromatic heterocycles. The topological polar surface area (TPSA) is 108 Å². The molecule has 0 heterocycles. The summed E-state index contributed by atoms with van der Waals surface area (Å²) in [6.45, 7) is 4.99. The first-order chi connectivity index (χ1) is 46.1. The number of ether oxygens (including phenoxy) is 4. The first-order valence-corrected chi connectivity index (χ1v) is 42.7. The van der Waals surface area contributed by atoms with Crippen LogP contribution in [-0.4, -0.2) is 87.4 Å². The molecule has 1 N–H and O–H groups in total. The zero-order valence-electron chi connectivity index (χ0n) is 64.4. The molecule has 2 unspecified atom stereocenters. The third-order valence-corrected chi connectivity index (χ3v) is 20.1. The van der Waals surface area contributed by atoms with Gasteiger partial charge in [-0.15, -0.1) is 0 Å². The first-order valence-electron chi connectivity index (χ1n) is 42.7. The Hall–Kier alpha value is -1.71. The van der Waals surface area contributed by atoms with E-state index in [1.54, 1.807) is 0 Å². The van der Waals surface area contributed by atoms with Gasteiger partial charge in [0.15, 0.2) is 6.10 Å². The molecule has 0 rings (SSSR count). The molecule has 0 saturated carbocycles. The zero-order valence-corrected chi connectivity index (χ0v) is 64.4. The number of hydrogen-bond acceptors (Lipinski definition) is 7. The second kappa shape index (κ2) is 77.0. The lowest BCUT2D eigenvalue weighted by atomic mass is 10.0. The molecule has 0 aliphatic heterocycles. The largest absolute Gasteiger partial charge is 0.477 e. The standard InChI is InChI=1S/C85H167NO8/c1-6-8-10-12-14-16-18-20-22-24-26-28-30-32-34-36-38-40-42-44-46-48-50-52-54-56-58-60-62-64-66-68-70-72-74-76-83(88)94-81(80-93-85(84(89)90)91-78-77-86(3,4)5)79-92-82(87)75-73-71-69-67-65-63-61-59-57-55-53-51-49-47-45-43-41-39-37-35-33-31-29-27-25-23-21-19-17-15-13-11-9-7-2/h81,85H,6-80H2,1-5H3/p+1. The van der Waals surface area contributed by atoms with E-state index in [9.17, 15) is 19.5 Å². The number of likely N-dealkylation sites (N-methyl/N-ethyl adjacent to an activating group) is 1. The van der Waals surface area contributed by atoms with Crippen molar-refractivity contribution in [1.29, 1.82) is 0 Å². The van der Waals surface area contributed by atoms with Crippen molar-refractivity contribution in [1.82, 2.24) is 0 Å². The molecule has 0 spiro atoms. The van der Waals surface area contributed by atoms with Crippen LogP contribution in [0.5, 0.6) is 0 Å². The van der Waals surface area contributed by atoms with Crippen LogP contribution in [0.1, 0.15) is 470 Å². The fraction of sp³-hybridized carbons (Fsp3) is 0.965. The van der Waals surface area contributed by atoms with E-state index in [4.69, 9.17) is 18.9 Å². The maximum absolute atomic E-state index is 13.0. The predicted octanol–water partition coefficient (Wildman–Crippen LogP) is 27.3. The molecule has 9 nitrogen and oxygen atoms in total. The van der Waals surface area contributed by atoms with Crippen LogP contribution < -0.4 is 0 Å².